The smallest absolute Gasteiger partial charge is 0.388 e. The van der Waals surface area contributed by atoms with Gasteiger partial charge in [-0.2, -0.15) is 18.3 Å². The fourth-order valence-corrected chi connectivity index (χ4v) is 1.91. The van der Waals surface area contributed by atoms with Crippen molar-refractivity contribution in [1.82, 2.24) is 14.8 Å². The van der Waals surface area contributed by atoms with Crippen LogP contribution < -0.4 is 0 Å². The van der Waals surface area contributed by atoms with Crippen LogP contribution in [0.4, 0.5) is 13.2 Å². The molecular formula is C14H16F3N3O. The van der Waals surface area contributed by atoms with Crippen molar-refractivity contribution in [1.29, 1.82) is 0 Å². The summed E-state index contributed by atoms with van der Waals surface area (Å²) in [6.07, 6.45) is -1.37. The van der Waals surface area contributed by atoms with Gasteiger partial charge in [0.1, 0.15) is 0 Å². The predicted octanol–water partition coefficient (Wildman–Crippen LogP) is 3.37. The summed E-state index contributed by atoms with van der Waals surface area (Å²) in [5.74, 6) is 0.603. The normalized spacial score (nSPS) is 13.7. The van der Waals surface area contributed by atoms with E-state index in [0.29, 0.717) is 17.9 Å². The highest BCUT2D eigenvalue weighted by atomic mass is 19.4. The predicted molar refractivity (Wildman–Crippen MR) is 70.8 cm³/mol. The van der Waals surface area contributed by atoms with Gasteiger partial charge in [0.15, 0.2) is 5.82 Å². The van der Waals surface area contributed by atoms with Gasteiger partial charge in [-0.05, 0) is 24.0 Å². The van der Waals surface area contributed by atoms with Crippen molar-refractivity contribution in [3.8, 4) is 5.82 Å². The van der Waals surface area contributed by atoms with E-state index in [0.717, 1.165) is 17.1 Å². The maximum atomic E-state index is 12.5. The van der Waals surface area contributed by atoms with Crippen LogP contribution in [0.2, 0.25) is 0 Å². The van der Waals surface area contributed by atoms with E-state index in [9.17, 15) is 18.3 Å². The molecule has 21 heavy (non-hydrogen) atoms. The summed E-state index contributed by atoms with van der Waals surface area (Å²) >= 11 is 0. The van der Waals surface area contributed by atoms with Gasteiger partial charge in [0.25, 0.3) is 0 Å². The van der Waals surface area contributed by atoms with Crippen molar-refractivity contribution >= 4 is 0 Å². The van der Waals surface area contributed by atoms with Crippen LogP contribution in [0.25, 0.3) is 5.82 Å². The number of halogens is 3. The van der Waals surface area contributed by atoms with Gasteiger partial charge in [0.05, 0.1) is 17.9 Å². The van der Waals surface area contributed by atoms with Crippen LogP contribution in [-0.2, 0) is 6.18 Å². The molecule has 2 rings (SSSR count). The Bertz CT molecular complexity index is 590. The van der Waals surface area contributed by atoms with E-state index in [-0.39, 0.29) is 5.82 Å². The highest BCUT2D eigenvalue weighted by Crippen LogP contribution is 2.29. The molecule has 0 fully saturated rings. The average molecular weight is 299 g/mol. The summed E-state index contributed by atoms with van der Waals surface area (Å²) in [5, 5.41) is 13.6. The SMILES string of the molecule is CC(C)C[C@H](O)c1ccc(-n2cc(C(F)(F)F)cn2)nc1. The lowest BCUT2D eigenvalue weighted by Crippen LogP contribution is -2.05. The Morgan fingerprint density at radius 3 is 2.43 bits per heavy atom. The maximum absolute atomic E-state index is 12.5. The van der Waals surface area contributed by atoms with Crippen LogP contribution in [0.3, 0.4) is 0 Å². The molecule has 0 saturated heterocycles. The highest BCUT2D eigenvalue weighted by Gasteiger charge is 2.32. The standard InChI is InChI=1S/C14H16F3N3O/c1-9(2)5-12(21)10-3-4-13(18-6-10)20-8-11(7-19-20)14(15,16)17/h3-4,6-9,12,21H,5H2,1-2H3/t12-/m0/s1. The Labute approximate surface area is 120 Å². The van der Waals surface area contributed by atoms with Gasteiger partial charge in [-0.25, -0.2) is 9.67 Å². The van der Waals surface area contributed by atoms with Gasteiger partial charge in [-0.1, -0.05) is 19.9 Å². The molecule has 1 N–H and O–H groups in total. The molecular weight excluding hydrogens is 283 g/mol. The maximum Gasteiger partial charge on any atom is 0.419 e. The minimum absolute atomic E-state index is 0.269. The molecule has 2 heterocycles. The minimum atomic E-state index is -4.42. The van der Waals surface area contributed by atoms with Crippen molar-refractivity contribution < 1.29 is 18.3 Å². The van der Waals surface area contributed by atoms with E-state index in [1.165, 1.54) is 12.3 Å². The van der Waals surface area contributed by atoms with Crippen LogP contribution in [0.5, 0.6) is 0 Å². The van der Waals surface area contributed by atoms with Gasteiger partial charge >= 0.3 is 6.18 Å². The van der Waals surface area contributed by atoms with E-state index in [1.54, 1.807) is 6.07 Å². The quantitative estimate of drug-likeness (QED) is 0.941. The van der Waals surface area contributed by atoms with Gasteiger partial charge in [0, 0.05) is 12.4 Å². The number of aliphatic hydroxyl groups excluding tert-OH is 1. The number of alkyl halides is 3. The van der Waals surface area contributed by atoms with Crippen LogP contribution in [0.1, 0.15) is 37.5 Å². The topological polar surface area (TPSA) is 50.9 Å². The van der Waals surface area contributed by atoms with Crippen LogP contribution >= 0.6 is 0 Å². The first-order chi connectivity index (χ1) is 9.77. The minimum Gasteiger partial charge on any atom is -0.388 e. The second kappa shape index (κ2) is 5.85. The fraction of sp³-hybridized carbons (Fsp3) is 0.429. The highest BCUT2D eigenvalue weighted by molar-refractivity contribution is 5.27. The van der Waals surface area contributed by atoms with Crippen molar-refractivity contribution in [2.24, 2.45) is 5.92 Å². The van der Waals surface area contributed by atoms with Crippen LogP contribution in [0, 0.1) is 5.92 Å². The Kier molecular flexibility index (Phi) is 4.32. The number of nitrogens with zero attached hydrogens (tertiary/aromatic N) is 3. The molecule has 0 aromatic carbocycles. The van der Waals surface area contributed by atoms with Crippen molar-refractivity contribution in [2.75, 3.05) is 0 Å². The summed E-state index contributed by atoms with van der Waals surface area (Å²) in [7, 11) is 0. The Morgan fingerprint density at radius 2 is 1.95 bits per heavy atom. The van der Waals surface area contributed by atoms with Crippen molar-refractivity contribution in [3.05, 3.63) is 41.9 Å². The molecule has 4 nitrogen and oxygen atoms in total. The summed E-state index contributed by atoms with van der Waals surface area (Å²) in [5.41, 5.74) is -0.191. The number of aromatic nitrogens is 3. The zero-order valence-electron chi connectivity index (χ0n) is 11.7. The van der Waals surface area contributed by atoms with Crippen molar-refractivity contribution in [3.63, 3.8) is 0 Å². The summed E-state index contributed by atoms with van der Waals surface area (Å²) in [6, 6.07) is 3.18. The van der Waals surface area contributed by atoms with Gasteiger partial charge in [0.2, 0.25) is 0 Å². The second-order valence-corrected chi connectivity index (χ2v) is 5.27. The molecule has 0 amide bonds. The first kappa shape index (κ1) is 15.5. The number of rotatable bonds is 4. The first-order valence-electron chi connectivity index (χ1n) is 6.53. The molecule has 0 aliphatic carbocycles. The van der Waals surface area contributed by atoms with E-state index < -0.39 is 17.8 Å². The third-order valence-electron chi connectivity index (χ3n) is 2.99. The fourth-order valence-electron chi connectivity index (χ4n) is 1.91. The average Bonchev–Trinajstić information content (AvgIpc) is 2.87. The summed E-state index contributed by atoms with van der Waals surface area (Å²) < 4.78 is 38.6. The molecule has 0 bridgehead atoms. The molecule has 0 radical (unpaired) electrons. The number of hydrogen-bond donors (Lipinski definition) is 1. The lowest BCUT2D eigenvalue weighted by atomic mass is 10.0. The second-order valence-electron chi connectivity index (χ2n) is 5.27. The Balaban J connectivity index is 2.17. The molecule has 0 saturated carbocycles. The lowest BCUT2D eigenvalue weighted by Gasteiger charge is -2.13. The molecule has 114 valence electrons. The third-order valence-corrected chi connectivity index (χ3v) is 2.99. The van der Waals surface area contributed by atoms with Gasteiger partial charge < -0.3 is 5.11 Å². The number of pyridine rings is 1. The Hall–Kier alpha value is -1.89. The van der Waals surface area contributed by atoms with E-state index >= 15 is 0 Å². The van der Waals surface area contributed by atoms with E-state index in [1.807, 2.05) is 13.8 Å². The van der Waals surface area contributed by atoms with E-state index in [2.05, 4.69) is 10.1 Å². The zero-order chi connectivity index (χ0) is 15.6. The van der Waals surface area contributed by atoms with Crippen LogP contribution in [-0.4, -0.2) is 19.9 Å². The molecule has 2 aromatic rings. The number of hydrogen-bond acceptors (Lipinski definition) is 3. The number of aliphatic hydroxyl groups is 1. The van der Waals surface area contributed by atoms with Crippen LogP contribution in [0.15, 0.2) is 30.7 Å². The molecule has 0 unspecified atom stereocenters. The van der Waals surface area contributed by atoms with Gasteiger partial charge in [-0.15, -0.1) is 0 Å². The van der Waals surface area contributed by atoms with Crippen molar-refractivity contribution in [2.45, 2.75) is 32.5 Å². The Morgan fingerprint density at radius 1 is 1.24 bits per heavy atom. The largest absolute Gasteiger partial charge is 0.419 e. The summed E-state index contributed by atoms with van der Waals surface area (Å²) in [4.78, 5) is 4.05. The lowest BCUT2D eigenvalue weighted by molar-refractivity contribution is -0.137. The van der Waals surface area contributed by atoms with Gasteiger partial charge in [-0.3, -0.25) is 0 Å². The molecule has 1 atom stereocenters. The zero-order valence-corrected chi connectivity index (χ0v) is 11.7. The third kappa shape index (κ3) is 3.81. The molecule has 0 spiro atoms. The first-order valence-corrected chi connectivity index (χ1v) is 6.53. The summed E-state index contributed by atoms with van der Waals surface area (Å²) in [6.45, 7) is 3.99. The monoisotopic (exact) mass is 299 g/mol. The molecule has 7 heteroatoms. The molecule has 0 aliphatic heterocycles. The van der Waals surface area contributed by atoms with E-state index in [4.69, 9.17) is 0 Å². The molecule has 2 aromatic heterocycles. The molecule has 0 aliphatic rings.